The lowest BCUT2D eigenvalue weighted by atomic mass is 10.0. The lowest BCUT2D eigenvalue weighted by molar-refractivity contribution is -0.158. The van der Waals surface area contributed by atoms with Gasteiger partial charge in [0.25, 0.3) is 5.91 Å². The number of furan rings is 1. The summed E-state index contributed by atoms with van der Waals surface area (Å²) in [4.78, 5) is 26.7. The molecule has 3 rings (SSSR count). The molecule has 1 amide bonds. The first-order valence-corrected chi connectivity index (χ1v) is 9.41. The standard InChI is InChI=1S/C21H27NO4/c1-14-10-18-17(13-25-19(18)11-15(14)2)12-20(23)26-16(3)21(24)22-8-6-4-5-7-9-22/h10-11,13,16H,4-9,12H2,1-3H3/t16-/m0/s1. The minimum atomic E-state index is -0.747. The number of rotatable bonds is 4. The highest BCUT2D eigenvalue weighted by molar-refractivity contribution is 5.88. The Balaban J connectivity index is 1.63. The SMILES string of the molecule is Cc1cc2occ(CC(=O)O[C@@H](C)C(=O)N3CCCCCC3)c2cc1C. The summed E-state index contributed by atoms with van der Waals surface area (Å²) in [5.74, 6) is -0.495. The first kappa shape index (κ1) is 18.5. The van der Waals surface area contributed by atoms with Crippen LogP contribution in [0.15, 0.2) is 22.8 Å². The van der Waals surface area contributed by atoms with Crippen LogP contribution in [0.1, 0.15) is 49.3 Å². The van der Waals surface area contributed by atoms with E-state index in [1.54, 1.807) is 13.2 Å². The first-order chi connectivity index (χ1) is 12.5. The summed E-state index contributed by atoms with van der Waals surface area (Å²) < 4.78 is 11.0. The molecule has 0 spiro atoms. The predicted molar refractivity (Wildman–Crippen MR) is 100.0 cm³/mol. The number of ether oxygens (including phenoxy) is 1. The van der Waals surface area contributed by atoms with Gasteiger partial charge in [-0.1, -0.05) is 12.8 Å². The van der Waals surface area contributed by atoms with Crippen LogP contribution in [0.2, 0.25) is 0 Å². The normalized spacial score (nSPS) is 16.3. The van der Waals surface area contributed by atoms with Crippen LogP contribution in [0, 0.1) is 13.8 Å². The average Bonchev–Trinajstić information content (AvgIpc) is 2.83. The predicted octanol–water partition coefficient (Wildman–Crippen LogP) is 3.93. The van der Waals surface area contributed by atoms with Crippen LogP contribution in [0.25, 0.3) is 11.0 Å². The second-order valence-electron chi connectivity index (χ2n) is 7.24. The lowest BCUT2D eigenvalue weighted by Gasteiger charge is -2.23. The van der Waals surface area contributed by atoms with E-state index >= 15 is 0 Å². The minimum Gasteiger partial charge on any atom is -0.464 e. The molecule has 1 aliphatic rings. The Morgan fingerprint density at radius 2 is 1.77 bits per heavy atom. The number of hydrogen-bond donors (Lipinski definition) is 0. The Kier molecular flexibility index (Phi) is 5.64. The summed E-state index contributed by atoms with van der Waals surface area (Å²) >= 11 is 0. The number of fused-ring (bicyclic) bond motifs is 1. The van der Waals surface area contributed by atoms with Crippen molar-refractivity contribution in [1.29, 1.82) is 0 Å². The molecule has 0 unspecified atom stereocenters. The van der Waals surface area contributed by atoms with Gasteiger partial charge in [-0.25, -0.2) is 0 Å². The van der Waals surface area contributed by atoms with E-state index in [0.29, 0.717) is 0 Å². The highest BCUT2D eigenvalue weighted by Gasteiger charge is 2.25. The third-order valence-corrected chi connectivity index (χ3v) is 5.18. The number of carbonyl (C=O) groups is 2. The Labute approximate surface area is 154 Å². The van der Waals surface area contributed by atoms with E-state index in [4.69, 9.17) is 9.15 Å². The van der Waals surface area contributed by atoms with Gasteiger partial charge in [-0.2, -0.15) is 0 Å². The summed E-state index contributed by atoms with van der Waals surface area (Å²) in [6, 6.07) is 4.01. The molecule has 0 aliphatic carbocycles. The summed E-state index contributed by atoms with van der Waals surface area (Å²) in [7, 11) is 0. The molecule has 2 aromatic rings. The van der Waals surface area contributed by atoms with Crippen LogP contribution in [0.3, 0.4) is 0 Å². The van der Waals surface area contributed by atoms with Crippen molar-refractivity contribution >= 4 is 22.8 Å². The van der Waals surface area contributed by atoms with Gasteiger partial charge in [0.2, 0.25) is 0 Å². The number of nitrogens with zero attached hydrogens (tertiary/aromatic N) is 1. The van der Waals surface area contributed by atoms with Crippen molar-refractivity contribution < 1.29 is 18.7 Å². The molecule has 0 bridgehead atoms. The second kappa shape index (κ2) is 7.94. The largest absolute Gasteiger partial charge is 0.464 e. The fourth-order valence-corrected chi connectivity index (χ4v) is 3.47. The van der Waals surface area contributed by atoms with E-state index in [0.717, 1.165) is 66.4 Å². The maximum atomic E-state index is 12.5. The van der Waals surface area contributed by atoms with Gasteiger partial charge in [0.15, 0.2) is 6.10 Å². The van der Waals surface area contributed by atoms with Crippen molar-refractivity contribution in [1.82, 2.24) is 4.90 Å². The second-order valence-corrected chi connectivity index (χ2v) is 7.24. The third kappa shape index (κ3) is 4.09. The highest BCUT2D eigenvalue weighted by Crippen LogP contribution is 2.25. The van der Waals surface area contributed by atoms with Gasteiger partial charge >= 0.3 is 5.97 Å². The van der Waals surface area contributed by atoms with E-state index in [9.17, 15) is 9.59 Å². The Morgan fingerprint density at radius 3 is 2.46 bits per heavy atom. The molecule has 140 valence electrons. The highest BCUT2D eigenvalue weighted by atomic mass is 16.5. The van der Waals surface area contributed by atoms with Crippen LogP contribution in [0.5, 0.6) is 0 Å². The van der Waals surface area contributed by atoms with Crippen LogP contribution in [0.4, 0.5) is 0 Å². The zero-order chi connectivity index (χ0) is 18.7. The molecule has 0 N–H and O–H groups in total. The summed E-state index contributed by atoms with van der Waals surface area (Å²) in [5.41, 5.74) is 3.86. The van der Waals surface area contributed by atoms with Crippen LogP contribution < -0.4 is 0 Å². The van der Waals surface area contributed by atoms with Crippen LogP contribution >= 0.6 is 0 Å². The van der Waals surface area contributed by atoms with Crippen molar-refractivity contribution in [2.75, 3.05) is 13.1 Å². The van der Waals surface area contributed by atoms with E-state index in [2.05, 4.69) is 0 Å². The number of benzene rings is 1. The number of hydrogen-bond acceptors (Lipinski definition) is 4. The maximum absolute atomic E-state index is 12.5. The minimum absolute atomic E-state index is 0.0937. The smallest absolute Gasteiger partial charge is 0.311 e. The number of carbonyl (C=O) groups excluding carboxylic acids is 2. The number of likely N-dealkylation sites (tertiary alicyclic amines) is 1. The maximum Gasteiger partial charge on any atom is 0.311 e. The van der Waals surface area contributed by atoms with Crippen LogP contribution in [-0.4, -0.2) is 36.0 Å². The Morgan fingerprint density at radius 1 is 1.12 bits per heavy atom. The summed E-state index contributed by atoms with van der Waals surface area (Å²) in [6.07, 6.45) is 5.31. The molecule has 0 saturated carbocycles. The van der Waals surface area contributed by atoms with Gasteiger partial charge < -0.3 is 14.1 Å². The van der Waals surface area contributed by atoms with Gasteiger partial charge in [0, 0.05) is 24.0 Å². The van der Waals surface area contributed by atoms with Crippen molar-refractivity contribution in [3.05, 3.63) is 35.1 Å². The zero-order valence-corrected chi connectivity index (χ0v) is 15.8. The molecular weight excluding hydrogens is 330 g/mol. The zero-order valence-electron chi connectivity index (χ0n) is 15.8. The Hall–Kier alpha value is -2.30. The quantitative estimate of drug-likeness (QED) is 0.778. The molecule has 2 heterocycles. The van der Waals surface area contributed by atoms with Crippen molar-refractivity contribution in [2.45, 2.75) is 59.0 Å². The average molecular weight is 357 g/mol. The Bertz CT molecular complexity index is 800. The number of aryl methyl sites for hydroxylation is 2. The van der Waals surface area contributed by atoms with Crippen molar-refractivity contribution in [3.8, 4) is 0 Å². The van der Waals surface area contributed by atoms with Gasteiger partial charge in [-0.15, -0.1) is 0 Å². The van der Waals surface area contributed by atoms with Gasteiger partial charge in [-0.3, -0.25) is 9.59 Å². The molecule has 5 heteroatoms. The third-order valence-electron chi connectivity index (χ3n) is 5.18. The van der Waals surface area contributed by atoms with E-state index in [-0.39, 0.29) is 12.3 Å². The van der Waals surface area contributed by atoms with E-state index < -0.39 is 12.1 Å². The molecule has 1 saturated heterocycles. The van der Waals surface area contributed by atoms with Crippen LogP contribution in [-0.2, 0) is 20.7 Å². The lowest BCUT2D eigenvalue weighted by Crippen LogP contribution is -2.40. The van der Waals surface area contributed by atoms with Crippen molar-refractivity contribution in [2.24, 2.45) is 0 Å². The van der Waals surface area contributed by atoms with Gasteiger partial charge in [0.05, 0.1) is 12.7 Å². The molecule has 26 heavy (non-hydrogen) atoms. The van der Waals surface area contributed by atoms with E-state index in [1.807, 2.05) is 30.9 Å². The fraction of sp³-hybridized carbons (Fsp3) is 0.524. The fourth-order valence-electron chi connectivity index (χ4n) is 3.47. The number of esters is 1. The monoisotopic (exact) mass is 357 g/mol. The molecule has 1 aromatic heterocycles. The summed E-state index contributed by atoms with van der Waals surface area (Å²) in [6.45, 7) is 7.23. The first-order valence-electron chi connectivity index (χ1n) is 9.41. The molecular formula is C21H27NO4. The van der Waals surface area contributed by atoms with Crippen molar-refractivity contribution in [3.63, 3.8) is 0 Å². The molecule has 1 fully saturated rings. The van der Waals surface area contributed by atoms with E-state index in [1.165, 1.54) is 0 Å². The topological polar surface area (TPSA) is 59.8 Å². The summed E-state index contributed by atoms with van der Waals surface area (Å²) in [5, 5.41) is 0.927. The van der Waals surface area contributed by atoms with Gasteiger partial charge in [0.1, 0.15) is 5.58 Å². The molecule has 1 aliphatic heterocycles. The number of amides is 1. The van der Waals surface area contributed by atoms with Gasteiger partial charge in [-0.05, 0) is 56.9 Å². The molecule has 5 nitrogen and oxygen atoms in total. The molecule has 0 radical (unpaired) electrons. The molecule has 1 atom stereocenters. The molecule has 1 aromatic carbocycles.